The lowest BCUT2D eigenvalue weighted by Crippen LogP contribution is -2.37. The van der Waals surface area contributed by atoms with Crippen LogP contribution < -0.4 is 0 Å². The molecule has 0 bridgehead atoms. The molecule has 1 aliphatic carbocycles. The van der Waals surface area contributed by atoms with Gasteiger partial charge in [0.1, 0.15) is 0 Å². The van der Waals surface area contributed by atoms with Gasteiger partial charge >= 0.3 is 0 Å². The minimum Gasteiger partial charge on any atom is -0.339 e. The third kappa shape index (κ3) is 3.10. The van der Waals surface area contributed by atoms with Crippen LogP contribution in [0.15, 0.2) is 18.2 Å². The molecule has 6 heteroatoms. The Balaban J connectivity index is 2.21. The standard InChI is InChI=1S/C14H17ClN2O3/c1-2-16(9-10-4-3-5-10)14(18)12-8-11(17(19)20)6-7-13(12)15/h6-8,10H,2-5,9H2,1H3. The van der Waals surface area contributed by atoms with Crippen LogP contribution in [0.1, 0.15) is 36.5 Å². The van der Waals surface area contributed by atoms with Crippen molar-refractivity contribution in [1.29, 1.82) is 0 Å². The molecule has 0 spiro atoms. The molecule has 1 fully saturated rings. The number of non-ortho nitro benzene ring substituents is 1. The highest BCUT2D eigenvalue weighted by Crippen LogP contribution is 2.29. The summed E-state index contributed by atoms with van der Waals surface area (Å²) in [5.74, 6) is 0.324. The molecule has 1 aliphatic rings. The van der Waals surface area contributed by atoms with Gasteiger partial charge in [-0.05, 0) is 31.7 Å². The van der Waals surface area contributed by atoms with Gasteiger partial charge in [0.25, 0.3) is 11.6 Å². The number of carbonyl (C=O) groups excluding carboxylic acids is 1. The van der Waals surface area contributed by atoms with Gasteiger partial charge in [0.2, 0.25) is 0 Å². The second kappa shape index (κ2) is 6.22. The average molecular weight is 297 g/mol. The summed E-state index contributed by atoms with van der Waals surface area (Å²) in [7, 11) is 0. The fraction of sp³-hybridized carbons (Fsp3) is 0.500. The molecular weight excluding hydrogens is 280 g/mol. The van der Waals surface area contributed by atoms with Crippen LogP contribution in [0.5, 0.6) is 0 Å². The average Bonchev–Trinajstić information content (AvgIpc) is 2.37. The summed E-state index contributed by atoms with van der Waals surface area (Å²) in [5.41, 5.74) is 0.0967. The lowest BCUT2D eigenvalue weighted by Gasteiger charge is -2.32. The first kappa shape index (κ1) is 14.8. The maximum Gasteiger partial charge on any atom is 0.270 e. The fourth-order valence-corrected chi connectivity index (χ4v) is 2.50. The van der Waals surface area contributed by atoms with E-state index in [-0.39, 0.29) is 22.2 Å². The summed E-state index contributed by atoms with van der Waals surface area (Å²) in [6.07, 6.45) is 3.51. The first-order chi connectivity index (χ1) is 9.52. The van der Waals surface area contributed by atoms with Gasteiger partial charge in [0.15, 0.2) is 0 Å². The van der Waals surface area contributed by atoms with Gasteiger partial charge in [0, 0.05) is 25.2 Å². The summed E-state index contributed by atoms with van der Waals surface area (Å²) in [6, 6.07) is 3.97. The van der Waals surface area contributed by atoms with Crippen molar-refractivity contribution >= 4 is 23.2 Å². The Labute approximate surface area is 122 Å². The molecule has 0 aromatic heterocycles. The smallest absolute Gasteiger partial charge is 0.270 e. The van der Waals surface area contributed by atoms with Crippen LogP contribution in [0.3, 0.4) is 0 Å². The van der Waals surface area contributed by atoms with Crippen LogP contribution in [0.25, 0.3) is 0 Å². The molecule has 0 saturated heterocycles. The number of carbonyl (C=O) groups is 1. The van der Waals surface area contributed by atoms with Gasteiger partial charge in [-0.3, -0.25) is 14.9 Å². The molecule has 0 aliphatic heterocycles. The number of nitro benzene ring substituents is 1. The quantitative estimate of drug-likeness (QED) is 0.617. The van der Waals surface area contributed by atoms with E-state index in [0.717, 1.165) is 12.8 Å². The van der Waals surface area contributed by atoms with E-state index in [1.54, 1.807) is 4.90 Å². The number of halogens is 1. The van der Waals surface area contributed by atoms with E-state index in [1.807, 2.05) is 6.92 Å². The molecule has 0 unspecified atom stereocenters. The van der Waals surface area contributed by atoms with Crippen molar-refractivity contribution in [3.05, 3.63) is 38.9 Å². The molecular formula is C14H17ClN2O3. The molecule has 5 nitrogen and oxygen atoms in total. The van der Waals surface area contributed by atoms with Crippen LogP contribution in [0.2, 0.25) is 5.02 Å². The number of benzene rings is 1. The number of hydrogen-bond acceptors (Lipinski definition) is 3. The molecule has 0 N–H and O–H groups in total. The van der Waals surface area contributed by atoms with Gasteiger partial charge in [-0.1, -0.05) is 18.0 Å². The number of rotatable bonds is 5. The maximum atomic E-state index is 12.5. The molecule has 1 aromatic rings. The van der Waals surface area contributed by atoms with Crippen molar-refractivity contribution in [1.82, 2.24) is 4.90 Å². The van der Waals surface area contributed by atoms with E-state index in [9.17, 15) is 14.9 Å². The third-order valence-electron chi connectivity index (χ3n) is 3.76. The maximum absolute atomic E-state index is 12.5. The number of hydrogen-bond donors (Lipinski definition) is 0. The lowest BCUT2D eigenvalue weighted by atomic mass is 9.85. The molecule has 1 amide bonds. The summed E-state index contributed by atoms with van der Waals surface area (Å²) in [5, 5.41) is 11.1. The van der Waals surface area contributed by atoms with Gasteiger partial charge in [-0.25, -0.2) is 0 Å². The predicted octanol–water partition coefficient (Wildman–Crippen LogP) is 3.51. The number of amides is 1. The highest BCUT2D eigenvalue weighted by Gasteiger charge is 2.25. The van der Waals surface area contributed by atoms with Crippen molar-refractivity contribution in [3.8, 4) is 0 Å². The van der Waals surface area contributed by atoms with Gasteiger partial charge in [0.05, 0.1) is 15.5 Å². The minimum absolute atomic E-state index is 0.113. The second-order valence-electron chi connectivity index (χ2n) is 5.06. The van der Waals surface area contributed by atoms with Crippen molar-refractivity contribution in [2.24, 2.45) is 5.92 Å². The van der Waals surface area contributed by atoms with Crippen LogP contribution in [-0.4, -0.2) is 28.8 Å². The zero-order chi connectivity index (χ0) is 14.7. The van der Waals surface area contributed by atoms with Crippen LogP contribution in [0.4, 0.5) is 5.69 Å². The fourth-order valence-electron chi connectivity index (χ4n) is 2.30. The highest BCUT2D eigenvalue weighted by atomic mass is 35.5. The molecule has 1 saturated carbocycles. The van der Waals surface area contributed by atoms with Crippen molar-refractivity contribution < 1.29 is 9.72 Å². The summed E-state index contributed by atoms with van der Waals surface area (Å²) in [4.78, 5) is 24.5. The summed E-state index contributed by atoms with van der Waals surface area (Å²) < 4.78 is 0. The van der Waals surface area contributed by atoms with Gasteiger partial charge < -0.3 is 4.90 Å². The van der Waals surface area contributed by atoms with Gasteiger partial charge in [-0.15, -0.1) is 0 Å². The molecule has 1 aromatic carbocycles. The van der Waals surface area contributed by atoms with Crippen molar-refractivity contribution in [3.63, 3.8) is 0 Å². The Morgan fingerprint density at radius 3 is 2.70 bits per heavy atom. The topological polar surface area (TPSA) is 63.5 Å². The Kier molecular flexibility index (Phi) is 4.60. The third-order valence-corrected chi connectivity index (χ3v) is 4.09. The highest BCUT2D eigenvalue weighted by molar-refractivity contribution is 6.33. The predicted molar refractivity (Wildman–Crippen MR) is 77.0 cm³/mol. The monoisotopic (exact) mass is 296 g/mol. The SMILES string of the molecule is CCN(CC1CCC1)C(=O)c1cc([N+](=O)[O-])ccc1Cl. The van der Waals surface area contributed by atoms with E-state index < -0.39 is 4.92 Å². The number of nitrogens with zero attached hydrogens (tertiary/aromatic N) is 2. The van der Waals surface area contributed by atoms with Gasteiger partial charge in [-0.2, -0.15) is 0 Å². The number of nitro groups is 1. The summed E-state index contributed by atoms with van der Waals surface area (Å²) in [6.45, 7) is 3.19. The minimum atomic E-state index is -0.519. The van der Waals surface area contributed by atoms with E-state index in [2.05, 4.69) is 0 Å². The molecule has 2 rings (SSSR count). The molecule has 108 valence electrons. The Bertz CT molecular complexity index is 529. The van der Waals surface area contributed by atoms with E-state index in [0.29, 0.717) is 19.0 Å². The summed E-state index contributed by atoms with van der Waals surface area (Å²) >= 11 is 6.01. The largest absolute Gasteiger partial charge is 0.339 e. The van der Waals surface area contributed by atoms with E-state index >= 15 is 0 Å². The van der Waals surface area contributed by atoms with E-state index in [1.165, 1.54) is 24.6 Å². The first-order valence-electron chi connectivity index (χ1n) is 6.76. The Hall–Kier alpha value is -1.62. The van der Waals surface area contributed by atoms with Crippen molar-refractivity contribution in [2.45, 2.75) is 26.2 Å². The lowest BCUT2D eigenvalue weighted by molar-refractivity contribution is -0.384. The van der Waals surface area contributed by atoms with Crippen LogP contribution in [-0.2, 0) is 0 Å². The Morgan fingerprint density at radius 2 is 2.20 bits per heavy atom. The zero-order valence-electron chi connectivity index (χ0n) is 11.3. The molecule has 0 heterocycles. The molecule has 0 atom stereocenters. The van der Waals surface area contributed by atoms with Crippen molar-refractivity contribution in [2.75, 3.05) is 13.1 Å². The van der Waals surface area contributed by atoms with E-state index in [4.69, 9.17) is 11.6 Å². The zero-order valence-corrected chi connectivity index (χ0v) is 12.1. The van der Waals surface area contributed by atoms with Crippen LogP contribution in [0, 0.1) is 16.0 Å². The van der Waals surface area contributed by atoms with Crippen LogP contribution >= 0.6 is 11.6 Å². The molecule has 20 heavy (non-hydrogen) atoms. The second-order valence-corrected chi connectivity index (χ2v) is 5.47. The first-order valence-corrected chi connectivity index (χ1v) is 7.14. The molecule has 0 radical (unpaired) electrons. The normalized spacial score (nSPS) is 14.7. The Morgan fingerprint density at radius 1 is 1.50 bits per heavy atom.